The normalized spacial score (nSPS) is 17.4. The van der Waals surface area contributed by atoms with Crippen molar-refractivity contribution in [1.29, 1.82) is 0 Å². The number of halogens is 1. The van der Waals surface area contributed by atoms with E-state index in [-0.39, 0.29) is 5.78 Å². The van der Waals surface area contributed by atoms with Gasteiger partial charge in [0.1, 0.15) is 22.7 Å². The molecule has 0 radical (unpaired) electrons. The van der Waals surface area contributed by atoms with Crippen molar-refractivity contribution in [2.24, 2.45) is 0 Å². The SMILES string of the molecule is COc1cc(N2CCOCC2)c2c(c1C(=O)/C=C/c1ccccc1Cl)OC(C)(C)C=C2. The Hall–Kier alpha value is -2.76. The molecule has 2 aromatic rings. The predicted octanol–water partition coefficient (Wildman–Crippen LogP) is 5.27. The molecule has 6 heteroatoms. The summed E-state index contributed by atoms with van der Waals surface area (Å²) in [5, 5.41) is 0.587. The molecule has 4 rings (SSSR count). The molecule has 0 spiro atoms. The quantitative estimate of drug-likeness (QED) is 0.469. The number of anilines is 1. The van der Waals surface area contributed by atoms with Gasteiger partial charge in [0.05, 0.1) is 26.0 Å². The molecule has 1 saturated heterocycles. The summed E-state index contributed by atoms with van der Waals surface area (Å²) in [5.74, 6) is 0.829. The van der Waals surface area contributed by atoms with Crippen LogP contribution in [0.15, 0.2) is 42.5 Å². The summed E-state index contributed by atoms with van der Waals surface area (Å²) in [6.07, 6.45) is 7.29. The molecule has 2 aliphatic rings. The van der Waals surface area contributed by atoms with Gasteiger partial charge in [0, 0.05) is 29.7 Å². The lowest BCUT2D eigenvalue weighted by Crippen LogP contribution is -2.37. The standard InChI is InChI=1S/C25H26ClNO4/c1-25(2)11-10-18-20(27-12-14-30-15-13-27)16-22(29-3)23(24(18)31-25)21(28)9-8-17-6-4-5-7-19(17)26/h4-11,16H,12-15H2,1-3H3/b9-8+. The summed E-state index contributed by atoms with van der Waals surface area (Å²) in [6, 6.07) is 9.32. The predicted molar refractivity (Wildman–Crippen MR) is 125 cm³/mol. The monoisotopic (exact) mass is 439 g/mol. The van der Waals surface area contributed by atoms with Crippen LogP contribution in [0.5, 0.6) is 11.5 Å². The Balaban J connectivity index is 1.81. The number of morpholine rings is 1. The van der Waals surface area contributed by atoms with E-state index in [2.05, 4.69) is 4.90 Å². The first-order valence-electron chi connectivity index (χ1n) is 10.3. The number of nitrogens with zero attached hydrogens (tertiary/aromatic N) is 1. The smallest absolute Gasteiger partial charge is 0.193 e. The zero-order valence-electron chi connectivity index (χ0n) is 18.0. The zero-order chi connectivity index (χ0) is 22.0. The third kappa shape index (κ3) is 4.48. The van der Waals surface area contributed by atoms with E-state index in [9.17, 15) is 4.79 Å². The molecule has 1 fully saturated rings. The number of hydrogen-bond donors (Lipinski definition) is 0. The Morgan fingerprint density at radius 2 is 1.97 bits per heavy atom. The van der Waals surface area contributed by atoms with E-state index in [0.717, 1.165) is 29.9 Å². The van der Waals surface area contributed by atoms with Gasteiger partial charge in [-0.3, -0.25) is 4.79 Å². The number of carbonyl (C=O) groups is 1. The summed E-state index contributed by atoms with van der Waals surface area (Å²) in [5.41, 5.74) is 2.51. The fourth-order valence-electron chi connectivity index (χ4n) is 3.80. The minimum atomic E-state index is -0.539. The molecule has 0 unspecified atom stereocenters. The van der Waals surface area contributed by atoms with E-state index >= 15 is 0 Å². The Labute approximate surface area is 187 Å². The van der Waals surface area contributed by atoms with E-state index in [0.29, 0.717) is 35.3 Å². The average molecular weight is 440 g/mol. The molecule has 0 N–H and O–H groups in total. The second kappa shape index (κ2) is 8.77. The van der Waals surface area contributed by atoms with Crippen LogP contribution in [0.1, 0.15) is 35.3 Å². The Bertz CT molecular complexity index is 1050. The lowest BCUT2D eigenvalue weighted by Gasteiger charge is -2.35. The van der Waals surface area contributed by atoms with Crippen molar-refractivity contribution in [3.63, 3.8) is 0 Å². The van der Waals surface area contributed by atoms with Crippen LogP contribution in [0.2, 0.25) is 5.02 Å². The summed E-state index contributed by atoms with van der Waals surface area (Å²) in [4.78, 5) is 15.6. The number of hydrogen-bond acceptors (Lipinski definition) is 5. The topological polar surface area (TPSA) is 48.0 Å². The third-order valence-corrected chi connectivity index (χ3v) is 5.76. The molecule has 0 saturated carbocycles. The first-order chi connectivity index (χ1) is 14.9. The van der Waals surface area contributed by atoms with Gasteiger partial charge in [-0.05, 0) is 49.8 Å². The van der Waals surface area contributed by atoms with Crippen molar-refractivity contribution < 1.29 is 19.0 Å². The fraction of sp³-hybridized carbons (Fsp3) is 0.320. The van der Waals surface area contributed by atoms with Gasteiger partial charge in [0.25, 0.3) is 0 Å². The first-order valence-corrected chi connectivity index (χ1v) is 10.7. The van der Waals surface area contributed by atoms with E-state index in [1.165, 1.54) is 6.08 Å². The number of fused-ring (bicyclic) bond motifs is 1. The number of rotatable bonds is 5. The van der Waals surface area contributed by atoms with Crippen molar-refractivity contribution in [2.75, 3.05) is 38.3 Å². The molecule has 31 heavy (non-hydrogen) atoms. The highest BCUT2D eigenvalue weighted by Gasteiger charge is 2.32. The Morgan fingerprint density at radius 3 is 2.68 bits per heavy atom. The van der Waals surface area contributed by atoms with Crippen LogP contribution >= 0.6 is 11.6 Å². The molecule has 5 nitrogen and oxygen atoms in total. The van der Waals surface area contributed by atoms with Gasteiger partial charge in [-0.1, -0.05) is 29.8 Å². The second-order valence-electron chi connectivity index (χ2n) is 8.07. The van der Waals surface area contributed by atoms with Crippen LogP contribution in [-0.4, -0.2) is 44.8 Å². The van der Waals surface area contributed by atoms with Crippen molar-refractivity contribution in [3.05, 3.63) is 64.2 Å². The van der Waals surface area contributed by atoms with Crippen molar-refractivity contribution >= 4 is 35.2 Å². The van der Waals surface area contributed by atoms with Crippen LogP contribution in [-0.2, 0) is 4.74 Å². The maximum Gasteiger partial charge on any atom is 0.193 e. The highest BCUT2D eigenvalue weighted by molar-refractivity contribution is 6.32. The molecular weight excluding hydrogens is 414 g/mol. The first kappa shape index (κ1) is 21.5. The zero-order valence-corrected chi connectivity index (χ0v) is 18.7. The van der Waals surface area contributed by atoms with E-state index in [1.807, 2.05) is 50.3 Å². The lowest BCUT2D eigenvalue weighted by atomic mass is 9.95. The molecule has 2 aromatic carbocycles. The number of methoxy groups -OCH3 is 1. The van der Waals surface area contributed by atoms with Crippen LogP contribution in [0.3, 0.4) is 0 Å². The maximum atomic E-state index is 13.3. The largest absolute Gasteiger partial charge is 0.496 e. The number of carbonyl (C=O) groups excluding carboxylic acids is 1. The minimum absolute atomic E-state index is 0.201. The molecule has 0 atom stereocenters. The van der Waals surface area contributed by atoms with Crippen LogP contribution < -0.4 is 14.4 Å². The highest BCUT2D eigenvalue weighted by atomic mass is 35.5. The lowest BCUT2D eigenvalue weighted by molar-refractivity contribution is 0.103. The summed E-state index contributed by atoms with van der Waals surface area (Å²) >= 11 is 6.24. The summed E-state index contributed by atoms with van der Waals surface area (Å²) in [6.45, 7) is 6.80. The van der Waals surface area contributed by atoms with E-state index < -0.39 is 5.60 Å². The fourth-order valence-corrected chi connectivity index (χ4v) is 4.00. The highest BCUT2D eigenvalue weighted by Crippen LogP contribution is 2.45. The Morgan fingerprint density at radius 1 is 1.23 bits per heavy atom. The average Bonchev–Trinajstić information content (AvgIpc) is 2.77. The van der Waals surface area contributed by atoms with Crippen molar-refractivity contribution in [1.82, 2.24) is 0 Å². The van der Waals surface area contributed by atoms with Crippen molar-refractivity contribution in [3.8, 4) is 11.5 Å². The molecule has 0 amide bonds. The van der Waals surface area contributed by atoms with Gasteiger partial charge in [-0.2, -0.15) is 0 Å². The maximum absolute atomic E-state index is 13.3. The molecule has 162 valence electrons. The molecule has 0 bridgehead atoms. The third-order valence-electron chi connectivity index (χ3n) is 5.42. The van der Waals surface area contributed by atoms with Gasteiger partial charge in [-0.15, -0.1) is 0 Å². The molecule has 2 heterocycles. The van der Waals surface area contributed by atoms with Crippen LogP contribution in [0, 0.1) is 0 Å². The second-order valence-corrected chi connectivity index (χ2v) is 8.48. The summed E-state index contributed by atoms with van der Waals surface area (Å²) < 4.78 is 17.5. The van der Waals surface area contributed by atoms with Gasteiger partial charge >= 0.3 is 0 Å². The van der Waals surface area contributed by atoms with Crippen molar-refractivity contribution in [2.45, 2.75) is 19.4 Å². The van der Waals surface area contributed by atoms with Gasteiger partial charge < -0.3 is 19.1 Å². The number of ketones is 1. The van der Waals surface area contributed by atoms with Gasteiger partial charge in [0.2, 0.25) is 0 Å². The number of benzene rings is 2. The van der Waals surface area contributed by atoms with E-state index in [4.69, 9.17) is 25.8 Å². The van der Waals surface area contributed by atoms with E-state index in [1.54, 1.807) is 19.3 Å². The minimum Gasteiger partial charge on any atom is -0.496 e. The summed E-state index contributed by atoms with van der Waals surface area (Å²) in [7, 11) is 1.57. The number of allylic oxidation sites excluding steroid dienone is 1. The van der Waals surface area contributed by atoms with Crippen LogP contribution in [0.25, 0.3) is 12.2 Å². The molecular formula is C25H26ClNO4. The molecule has 0 aromatic heterocycles. The molecule has 0 aliphatic carbocycles. The van der Waals surface area contributed by atoms with Gasteiger partial charge in [0.15, 0.2) is 5.78 Å². The van der Waals surface area contributed by atoms with Gasteiger partial charge in [-0.25, -0.2) is 0 Å². The number of ether oxygens (including phenoxy) is 3. The molecule has 2 aliphatic heterocycles. The van der Waals surface area contributed by atoms with Crippen LogP contribution in [0.4, 0.5) is 5.69 Å². The Kier molecular flexibility index (Phi) is 6.08.